The van der Waals surface area contributed by atoms with Crippen molar-refractivity contribution in [3.05, 3.63) is 35.6 Å². The van der Waals surface area contributed by atoms with E-state index in [4.69, 9.17) is 10.6 Å². The highest BCUT2D eigenvalue weighted by Gasteiger charge is 2.41. The number of benzene rings is 1. The van der Waals surface area contributed by atoms with Crippen molar-refractivity contribution in [1.82, 2.24) is 5.43 Å². The molecule has 3 rings (SSSR count). The van der Waals surface area contributed by atoms with Crippen LogP contribution in [0.4, 0.5) is 4.39 Å². The number of hydrogen-bond acceptors (Lipinski definition) is 3. The maximum absolute atomic E-state index is 14.1. The van der Waals surface area contributed by atoms with E-state index in [2.05, 4.69) is 5.43 Å². The van der Waals surface area contributed by atoms with Crippen molar-refractivity contribution < 1.29 is 9.13 Å². The Kier molecular flexibility index (Phi) is 4.57. The highest BCUT2D eigenvalue weighted by Crippen LogP contribution is 2.44. The van der Waals surface area contributed by atoms with Crippen molar-refractivity contribution in [1.29, 1.82) is 0 Å². The molecule has 2 unspecified atom stereocenters. The third-order valence-corrected chi connectivity index (χ3v) is 5.19. The molecule has 3 nitrogen and oxygen atoms in total. The van der Waals surface area contributed by atoms with Crippen molar-refractivity contribution in [3.8, 4) is 0 Å². The molecule has 0 bridgehead atoms. The van der Waals surface area contributed by atoms with Gasteiger partial charge >= 0.3 is 0 Å². The van der Waals surface area contributed by atoms with E-state index in [9.17, 15) is 4.39 Å². The molecule has 116 valence electrons. The van der Waals surface area contributed by atoms with Crippen molar-refractivity contribution in [2.45, 2.75) is 56.6 Å². The van der Waals surface area contributed by atoms with Gasteiger partial charge in [0.25, 0.3) is 0 Å². The molecule has 2 aliphatic rings. The summed E-state index contributed by atoms with van der Waals surface area (Å²) in [4.78, 5) is 0. The molecule has 1 saturated heterocycles. The van der Waals surface area contributed by atoms with Gasteiger partial charge in [0.05, 0.1) is 11.6 Å². The van der Waals surface area contributed by atoms with Crippen LogP contribution in [0.15, 0.2) is 24.3 Å². The molecule has 4 heteroatoms. The number of hydrogen-bond donors (Lipinski definition) is 2. The molecular weight excluding hydrogens is 267 g/mol. The van der Waals surface area contributed by atoms with Gasteiger partial charge in [-0.1, -0.05) is 37.5 Å². The van der Waals surface area contributed by atoms with Crippen LogP contribution in [0.25, 0.3) is 0 Å². The highest BCUT2D eigenvalue weighted by atomic mass is 19.1. The molecule has 1 saturated carbocycles. The maximum Gasteiger partial charge on any atom is 0.128 e. The lowest BCUT2D eigenvalue weighted by Gasteiger charge is -2.45. The van der Waals surface area contributed by atoms with E-state index < -0.39 is 0 Å². The molecule has 0 radical (unpaired) electrons. The number of rotatable bonds is 3. The van der Waals surface area contributed by atoms with E-state index >= 15 is 0 Å². The van der Waals surface area contributed by atoms with Gasteiger partial charge in [-0.3, -0.25) is 11.3 Å². The third kappa shape index (κ3) is 3.12. The van der Waals surface area contributed by atoms with Crippen LogP contribution in [-0.4, -0.2) is 12.2 Å². The van der Waals surface area contributed by atoms with Gasteiger partial charge < -0.3 is 4.74 Å². The fourth-order valence-corrected chi connectivity index (χ4v) is 4.10. The first kappa shape index (κ1) is 14.9. The quantitative estimate of drug-likeness (QED) is 0.662. The largest absolute Gasteiger partial charge is 0.375 e. The maximum atomic E-state index is 14.1. The molecule has 1 aliphatic carbocycles. The van der Waals surface area contributed by atoms with Crippen LogP contribution in [0.3, 0.4) is 0 Å². The van der Waals surface area contributed by atoms with Crippen molar-refractivity contribution in [2.24, 2.45) is 11.8 Å². The van der Waals surface area contributed by atoms with Crippen LogP contribution in [0, 0.1) is 11.7 Å². The Labute approximate surface area is 126 Å². The zero-order chi connectivity index (χ0) is 14.7. The number of hydrazine groups is 1. The molecule has 1 heterocycles. The topological polar surface area (TPSA) is 47.3 Å². The Morgan fingerprint density at radius 3 is 2.71 bits per heavy atom. The summed E-state index contributed by atoms with van der Waals surface area (Å²) in [6.45, 7) is 0.761. The lowest BCUT2D eigenvalue weighted by atomic mass is 9.73. The Hall–Kier alpha value is -0.970. The van der Waals surface area contributed by atoms with Gasteiger partial charge in [-0.25, -0.2) is 4.39 Å². The minimum Gasteiger partial charge on any atom is -0.375 e. The van der Waals surface area contributed by atoms with Gasteiger partial charge in [-0.2, -0.15) is 0 Å². The van der Waals surface area contributed by atoms with Crippen LogP contribution in [0.5, 0.6) is 0 Å². The molecule has 0 amide bonds. The van der Waals surface area contributed by atoms with Gasteiger partial charge in [0.15, 0.2) is 0 Å². The molecular formula is C17H25FN2O. The lowest BCUT2D eigenvalue weighted by Crippen LogP contribution is -2.46. The molecule has 1 aromatic carbocycles. The molecule has 1 spiro atoms. The van der Waals surface area contributed by atoms with Gasteiger partial charge in [0.2, 0.25) is 0 Å². The average Bonchev–Trinajstić information content (AvgIpc) is 2.51. The van der Waals surface area contributed by atoms with Gasteiger partial charge in [0, 0.05) is 12.2 Å². The van der Waals surface area contributed by atoms with Crippen LogP contribution in [0.1, 0.15) is 56.6 Å². The zero-order valence-electron chi connectivity index (χ0n) is 12.5. The standard InChI is InChI=1S/C17H25FN2O/c18-15-7-3-2-6-14(15)16(20-19)13-8-11-21-17(12-13)9-4-1-5-10-17/h2-3,6-7,13,16,20H,1,4-5,8-12,19H2. The SMILES string of the molecule is NNC(c1ccccc1F)C1CCOC2(CCCCC2)C1. The van der Waals surface area contributed by atoms with E-state index in [0.29, 0.717) is 11.5 Å². The molecule has 1 aromatic rings. The summed E-state index contributed by atoms with van der Waals surface area (Å²) in [5.41, 5.74) is 3.55. The molecule has 21 heavy (non-hydrogen) atoms. The van der Waals surface area contributed by atoms with Crippen molar-refractivity contribution in [3.63, 3.8) is 0 Å². The van der Waals surface area contributed by atoms with E-state index in [1.807, 2.05) is 12.1 Å². The van der Waals surface area contributed by atoms with Crippen LogP contribution >= 0.6 is 0 Å². The summed E-state index contributed by atoms with van der Waals surface area (Å²) in [5, 5.41) is 0. The number of nitrogens with two attached hydrogens (primary N) is 1. The molecule has 2 atom stereocenters. The van der Waals surface area contributed by atoms with E-state index in [1.165, 1.54) is 25.3 Å². The first-order chi connectivity index (χ1) is 10.2. The van der Waals surface area contributed by atoms with Crippen LogP contribution in [-0.2, 0) is 4.74 Å². The summed E-state index contributed by atoms with van der Waals surface area (Å²) in [6.07, 6.45) is 7.99. The van der Waals surface area contributed by atoms with Gasteiger partial charge in [-0.15, -0.1) is 0 Å². The number of nitrogens with one attached hydrogen (secondary N) is 1. The first-order valence-electron chi connectivity index (χ1n) is 8.09. The second-order valence-corrected chi connectivity index (χ2v) is 6.51. The first-order valence-corrected chi connectivity index (χ1v) is 8.09. The summed E-state index contributed by atoms with van der Waals surface area (Å²) in [6, 6.07) is 6.81. The van der Waals surface area contributed by atoms with Crippen molar-refractivity contribution in [2.75, 3.05) is 6.61 Å². The van der Waals surface area contributed by atoms with E-state index in [-0.39, 0.29) is 17.5 Å². The molecule has 0 aromatic heterocycles. The summed E-state index contributed by atoms with van der Waals surface area (Å²) in [7, 11) is 0. The predicted octanol–water partition coefficient (Wildman–Crippen LogP) is 3.46. The molecule has 3 N–H and O–H groups in total. The zero-order valence-corrected chi connectivity index (χ0v) is 12.5. The number of halogens is 1. The second-order valence-electron chi connectivity index (χ2n) is 6.51. The monoisotopic (exact) mass is 292 g/mol. The predicted molar refractivity (Wildman–Crippen MR) is 81.0 cm³/mol. The smallest absolute Gasteiger partial charge is 0.128 e. The lowest BCUT2D eigenvalue weighted by molar-refractivity contribution is -0.122. The molecule has 2 fully saturated rings. The fraction of sp³-hybridized carbons (Fsp3) is 0.647. The fourth-order valence-electron chi connectivity index (χ4n) is 4.10. The van der Waals surface area contributed by atoms with Crippen molar-refractivity contribution >= 4 is 0 Å². The van der Waals surface area contributed by atoms with Gasteiger partial charge in [0.1, 0.15) is 5.82 Å². The van der Waals surface area contributed by atoms with E-state index in [1.54, 1.807) is 6.07 Å². The molecule has 1 aliphatic heterocycles. The van der Waals surface area contributed by atoms with E-state index in [0.717, 1.165) is 32.3 Å². The highest BCUT2D eigenvalue weighted by molar-refractivity contribution is 5.22. The minimum absolute atomic E-state index is 0.0154. The Balaban J connectivity index is 1.79. The number of ether oxygens (including phenoxy) is 1. The summed E-state index contributed by atoms with van der Waals surface area (Å²) in [5.74, 6) is 5.92. The van der Waals surface area contributed by atoms with Crippen LogP contribution < -0.4 is 11.3 Å². The normalized spacial score (nSPS) is 26.7. The Bertz CT molecular complexity index is 468. The average molecular weight is 292 g/mol. The Morgan fingerprint density at radius 1 is 1.24 bits per heavy atom. The Morgan fingerprint density at radius 2 is 2.00 bits per heavy atom. The minimum atomic E-state index is -0.176. The second kappa shape index (κ2) is 6.42. The third-order valence-electron chi connectivity index (χ3n) is 5.19. The summed E-state index contributed by atoms with van der Waals surface area (Å²) >= 11 is 0. The van der Waals surface area contributed by atoms with Gasteiger partial charge in [-0.05, 0) is 37.7 Å². The van der Waals surface area contributed by atoms with Crippen LogP contribution in [0.2, 0.25) is 0 Å². The summed E-state index contributed by atoms with van der Waals surface area (Å²) < 4.78 is 20.2.